The highest BCUT2D eigenvalue weighted by Gasteiger charge is 2.24. The Morgan fingerprint density at radius 3 is 2.75 bits per heavy atom. The Labute approximate surface area is 118 Å². The van der Waals surface area contributed by atoms with Crippen LogP contribution in [0.3, 0.4) is 0 Å². The summed E-state index contributed by atoms with van der Waals surface area (Å²) in [5.41, 5.74) is -0.471. The van der Waals surface area contributed by atoms with Crippen LogP contribution >= 0.6 is 0 Å². The lowest BCUT2D eigenvalue weighted by atomic mass is 9.98. The molecule has 5 nitrogen and oxygen atoms in total. The molecule has 112 valence electrons. The number of benzene rings is 1. The Morgan fingerprint density at radius 2 is 2.20 bits per heavy atom. The smallest absolute Gasteiger partial charge is 0.319 e. The maximum atomic E-state index is 13.2. The molecule has 0 fully saturated rings. The summed E-state index contributed by atoms with van der Waals surface area (Å²) < 4.78 is 18.2. The van der Waals surface area contributed by atoms with Crippen LogP contribution in [0, 0.1) is 5.82 Å². The molecule has 1 atom stereocenters. The van der Waals surface area contributed by atoms with Gasteiger partial charge in [0.1, 0.15) is 11.6 Å². The Balaban J connectivity index is 2.78. The lowest BCUT2D eigenvalue weighted by Gasteiger charge is -2.28. The van der Waals surface area contributed by atoms with Crippen molar-refractivity contribution in [1.82, 2.24) is 5.32 Å². The molecule has 0 radical (unpaired) electrons. The zero-order valence-corrected chi connectivity index (χ0v) is 12.0. The standard InChI is InChI=1S/C14H21FN2O3/c1-4-7-14(2,9-18)17-13(19)16-11-8-10(15)5-6-12(11)20-3/h5-6,8,18H,4,7,9H2,1-3H3,(H2,16,17,19). The number of ether oxygens (including phenoxy) is 1. The third-order valence-corrected chi connectivity index (χ3v) is 2.98. The van der Waals surface area contributed by atoms with Crippen molar-refractivity contribution >= 4 is 11.7 Å². The number of nitrogens with one attached hydrogen (secondary N) is 2. The topological polar surface area (TPSA) is 70.6 Å². The second-order valence-corrected chi connectivity index (χ2v) is 4.89. The lowest BCUT2D eigenvalue weighted by molar-refractivity contribution is 0.167. The van der Waals surface area contributed by atoms with Gasteiger partial charge >= 0.3 is 6.03 Å². The number of rotatable bonds is 6. The second-order valence-electron chi connectivity index (χ2n) is 4.89. The fraction of sp³-hybridized carbons (Fsp3) is 0.500. The zero-order valence-electron chi connectivity index (χ0n) is 12.0. The van der Waals surface area contributed by atoms with E-state index < -0.39 is 17.4 Å². The summed E-state index contributed by atoms with van der Waals surface area (Å²) in [6, 6.07) is 3.34. The van der Waals surface area contributed by atoms with Crippen LogP contribution in [0.15, 0.2) is 18.2 Å². The monoisotopic (exact) mass is 284 g/mol. The van der Waals surface area contributed by atoms with Gasteiger partial charge in [-0.25, -0.2) is 9.18 Å². The van der Waals surface area contributed by atoms with Crippen molar-refractivity contribution in [2.45, 2.75) is 32.2 Å². The number of hydrogen-bond acceptors (Lipinski definition) is 3. The predicted octanol–water partition coefficient (Wildman–Crippen LogP) is 2.51. The Kier molecular flexibility index (Phi) is 5.76. The van der Waals surface area contributed by atoms with Crippen LogP contribution in [0.2, 0.25) is 0 Å². The van der Waals surface area contributed by atoms with Crippen molar-refractivity contribution < 1.29 is 19.0 Å². The Morgan fingerprint density at radius 1 is 1.50 bits per heavy atom. The molecule has 1 unspecified atom stereocenters. The van der Waals surface area contributed by atoms with E-state index in [1.165, 1.54) is 25.3 Å². The zero-order chi connectivity index (χ0) is 15.2. The van der Waals surface area contributed by atoms with Crippen LogP contribution in [0.4, 0.5) is 14.9 Å². The number of anilines is 1. The maximum Gasteiger partial charge on any atom is 0.319 e. The van der Waals surface area contributed by atoms with Crippen molar-refractivity contribution in [3.8, 4) is 5.75 Å². The van der Waals surface area contributed by atoms with Gasteiger partial charge in [-0.1, -0.05) is 13.3 Å². The van der Waals surface area contributed by atoms with Gasteiger partial charge in [-0.2, -0.15) is 0 Å². The predicted molar refractivity (Wildman–Crippen MR) is 75.5 cm³/mol. The van der Waals surface area contributed by atoms with Crippen LogP contribution in [0.25, 0.3) is 0 Å². The molecule has 0 spiro atoms. The van der Waals surface area contributed by atoms with Gasteiger partial charge in [0.25, 0.3) is 0 Å². The molecule has 0 aromatic heterocycles. The summed E-state index contributed by atoms with van der Waals surface area (Å²) >= 11 is 0. The van der Waals surface area contributed by atoms with E-state index >= 15 is 0 Å². The second kappa shape index (κ2) is 7.09. The minimum atomic E-state index is -0.709. The number of hydrogen-bond donors (Lipinski definition) is 3. The first-order chi connectivity index (χ1) is 9.44. The molecule has 0 aliphatic carbocycles. The van der Waals surface area contributed by atoms with Gasteiger partial charge in [0.05, 0.1) is 24.9 Å². The van der Waals surface area contributed by atoms with E-state index in [0.717, 1.165) is 6.42 Å². The summed E-state index contributed by atoms with van der Waals surface area (Å²) in [5, 5.41) is 14.6. The molecule has 20 heavy (non-hydrogen) atoms. The molecule has 1 rings (SSSR count). The van der Waals surface area contributed by atoms with Crippen LogP contribution < -0.4 is 15.4 Å². The van der Waals surface area contributed by atoms with Crippen LogP contribution in [-0.2, 0) is 0 Å². The summed E-state index contributed by atoms with van der Waals surface area (Å²) in [6.45, 7) is 3.54. The highest BCUT2D eigenvalue weighted by Crippen LogP contribution is 2.25. The van der Waals surface area contributed by atoms with Crippen LogP contribution in [-0.4, -0.2) is 30.4 Å². The van der Waals surface area contributed by atoms with Crippen LogP contribution in [0.5, 0.6) is 5.75 Å². The average Bonchev–Trinajstić information content (AvgIpc) is 2.39. The molecule has 0 heterocycles. The molecule has 0 aliphatic heterocycles. The molecule has 3 N–H and O–H groups in total. The number of urea groups is 1. The van der Waals surface area contributed by atoms with Gasteiger partial charge in [0, 0.05) is 6.07 Å². The minimum Gasteiger partial charge on any atom is -0.495 e. The van der Waals surface area contributed by atoms with Crippen molar-refractivity contribution in [2.24, 2.45) is 0 Å². The van der Waals surface area contributed by atoms with E-state index in [0.29, 0.717) is 12.2 Å². The first-order valence-electron chi connectivity index (χ1n) is 6.47. The SMILES string of the molecule is CCCC(C)(CO)NC(=O)Nc1cc(F)ccc1OC. The van der Waals surface area contributed by atoms with Gasteiger partial charge in [-0.15, -0.1) is 0 Å². The molecule has 6 heteroatoms. The highest BCUT2D eigenvalue weighted by molar-refractivity contribution is 5.91. The first-order valence-corrected chi connectivity index (χ1v) is 6.47. The average molecular weight is 284 g/mol. The van der Waals surface area contributed by atoms with E-state index in [-0.39, 0.29) is 12.3 Å². The van der Waals surface area contributed by atoms with Crippen molar-refractivity contribution in [2.75, 3.05) is 19.0 Å². The van der Waals surface area contributed by atoms with E-state index in [4.69, 9.17) is 4.74 Å². The van der Waals surface area contributed by atoms with E-state index in [9.17, 15) is 14.3 Å². The van der Waals surface area contributed by atoms with Gasteiger partial charge in [0.2, 0.25) is 0 Å². The summed E-state index contributed by atoms with van der Waals surface area (Å²) in [5.74, 6) is -0.109. The molecule has 0 saturated heterocycles. The normalized spacial score (nSPS) is 13.4. The van der Waals surface area contributed by atoms with E-state index in [1.54, 1.807) is 6.92 Å². The quantitative estimate of drug-likeness (QED) is 0.751. The Bertz CT molecular complexity index is 468. The van der Waals surface area contributed by atoms with Crippen molar-refractivity contribution in [1.29, 1.82) is 0 Å². The number of halogens is 1. The molecule has 2 amide bonds. The summed E-state index contributed by atoms with van der Waals surface area (Å²) in [4.78, 5) is 11.9. The Hall–Kier alpha value is -1.82. The fourth-order valence-corrected chi connectivity index (χ4v) is 1.94. The first kappa shape index (κ1) is 16.2. The number of aliphatic hydroxyl groups is 1. The number of carbonyl (C=O) groups is 1. The maximum absolute atomic E-state index is 13.2. The summed E-state index contributed by atoms with van der Waals surface area (Å²) in [6.07, 6.45) is 1.46. The molecule has 1 aromatic carbocycles. The lowest BCUT2D eigenvalue weighted by Crippen LogP contribution is -2.50. The molecule has 0 bridgehead atoms. The molecule has 0 aliphatic rings. The number of methoxy groups -OCH3 is 1. The summed E-state index contributed by atoms with van der Waals surface area (Å²) in [7, 11) is 1.44. The van der Waals surface area contributed by atoms with E-state index in [1.807, 2.05) is 6.92 Å². The highest BCUT2D eigenvalue weighted by atomic mass is 19.1. The third-order valence-electron chi connectivity index (χ3n) is 2.98. The van der Waals surface area contributed by atoms with Crippen molar-refractivity contribution in [3.05, 3.63) is 24.0 Å². The number of aliphatic hydroxyl groups excluding tert-OH is 1. The molecular formula is C14H21FN2O3. The van der Waals surface area contributed by atoms with Gasteiger partial charge < -0.3 is 20.5 Å². The number of carbonyl (C=O) groups excluding carboxylic acids is 1. The fourth-order valence-electron chi connectivity index (χ4n) is 1.94. The minimum absolute atomic E-state index is 0.172. The number of amides is 2. The van der Waals surface area contributed by atoms with Gasteiger partial charge in [-0.05, 0) is 25.5 Å². The largest absolute Gasteiger partial charge is 0.495 e. The molecule has 0 saturated carbocycles. The molecular weight excluding hydrogens is 263 g/mol. The van der Waals surface area contributed by atoms with Gasteiger partial charge in [0.15, 0.2) is 0 Å². The molecule has 1 aromatic rings. The third kappa shape index (κ3) is 4.38. The van der Waals surface area contributed by atoms with Crippen LogP contribution in [0.1, 0.15) is 26.7 Å². The van der Waals surface area contributed by atoms with Gasteiger partial charge in [-0.3, -0.25) is 0 Å². The van der Waals surface area contributed by atoms with E-state index in [2.05, 4.69) is 10.6 Å². The van der Waals surface area contributed by atoms with Crippen molar-refractivity contribution in [3.63, 3.8) is 0 Å².